The van der Waals surface area contributed by atoms with Gasteiger partial charge in [0.05, 0.1) is 0 Å². The van der Waals surface area contributed by atoms with Crippen LogP contribution in [0.3, 0.4) is 0 Å². The summed E-state index contributed by atoms with van der Waals surface area (Å²) in [7, 11) is -0.178. The van der Waals surface area contributed by atoms with Crippen molar-refractivity contribution in [2.75, 3.05) is 13.5 Å². The number of hydrogen-bond donors (Lipinski definition) is 0. The molecule has 1 atom stereocenters. The molecule has 0 radical (unpaired) electrons. The van der Waals surface area contributed by atoms with Gasteiger partial charge in [-0.15, -0.1) is 0 Å². The molecule has 0 aliphatic heterocycles. The van der Waals surface area contributed by atoms with E-state index in [1.54, 1.807) is 0 Å². The quantitative estimate of drug-likeness (QED) is 0.762. The van der Waals surface area contributed by atoms with Gasteiger partial charge in [-0.1, -0.05) is 0 Å². The van der Waals surface area contributed by atoms with Gasteiger partial charge >= 0.3 is 133 Å². The van der Waals surface area contributed by atoms with Crippen LogP contribution in [-0.2, 0) is 4.74 Å². The van der Waals surface area contributed by atoms with Crippen molar-refractivity contribution in [1.82, 2.24) is 0 Å². The van der Waals surface area contributed by atoms with Gasteiger partial charge in [-0.2, -0.15) is 0 Å². The summed E-state index contributed by atoms with van der Waals surface area (Å²) in [5.74, 6) is 0. The molecular formula is C20H23OP. The van der Waals surface area contributed by atoms with Gasteiger partial charge in [-0.25, -0.2) is 0 Å². The second-order valence-corrected chi connectivity index (χ2v) is 9.92. The van der Waals surface area contributed by atoms with Crippen LogP contribution in [0, 0.1) is 0 Å². The van der Waals surface area contributed by atoms with E-state index in [2.05, 4.69) is 85.0 Å². The Morgan fingerprint density at radius 1 is 0.909 bits per heavy atom. The Bertz CT molecular complexity index is 606. The number of rotatable bonds is 5. The molecule has 1 nitrogen and oxygen atoms in total. The number of ether oxygens (including phenoxy) is 1. The number of methoxy groups -OCH3 is 1. The molecule has 0 fully saturated rings. The second-order valence-electron chi connectivity index (χ2n) is 5.79. The van der Waals surface area contributed by atoms with E-state index in [1.807, 2.05) is 7.11 Å². The van der Waals surface area contributed by atoms with Gasteiger partial charge in [-0.05, 0) is 0 Å². The summed E-state index contributed by atoms with van der Waals surface area (Å²) in [6, 6.07) is 21.9. The van der Waals surface area contributed by atoms with Gasteiger partial charge in [0, 0.05) is 0 Å². The molecule has 0 heterocycles. The molecule has 1 unspecified atom stereocenters. The van der Waals surface area contributed by atoms with E-state index in [0.717, 1.165) is 12.8 Å². The zero-order chi connectivity index (χ0) is 15.3. The molecule has 1 aliphatic rings. The van der Waals surface area contributed by atoms with Crippen LogP contribution in [-0.4, -0.2) is 19.1 Å². The zero-order valence-corrected chi connectivity index (χ0v) is 14.0. The fourth-order valence-electron chi connectivity index (χ4n) is 3.51. The fraction of sp³-hybridized carbons (Fsp3) is 0.200. The summed E-state index contributed by atoms with van der Waals surface area (Å²) in [6.07, 6.45) is 10.9. The first-order chi connectivity index (χ1) is 10.9. The molecule has 0 aromatic heterocycles. The minimum atomic E-state index is -2.01. The van der Waals surface area contributed by atoms with Crippen LogP contribution in [0.4, 0.5) is 0 Å². The molecule has 0 bridgehead atoms. The van der Waals surface area contributed by atoms with E-state index in [-0.39, 0.29) is 0 Å². The van der Waals surface area contributed by atoms with Crippen LogP contribution in [0.1, 0.15) is 6.42 Å². The average molecular weight is 310 g/mol. The van der Waals surface area contributed by atoms with E-state index in [0.29, 0.717) is 5.66 Å². The minimum absolute atomic E-state index is 0.530. The molecule has 3 rings (SSSR count). The monoisotopic (exact) mass is 310 g/mol. The van der Waals surface area contributed by atoms with E-state index in [1.165, 1.54) is 10.6 Å². The number of allylic oxidation sites excluding steroid dienone is 4. The van der Waals surface area contributed by atoms with Gasteiger partial charge in [-0.3, -0.25) is 0 Å². The van der Waals surface area contributed by atoms with Crippen LogP contribution >= 0.6 is 7.26 Å². The molecule has 1 aliphatic carbocycles. The first-order valence-corrected chi connectivity index (χ1v) is 10.1. The summed E-state index contributed by atoms with van der Waals surface area (Å²) >= 11 is 0. The number of benzene rings is 2. The number of hydrogen-bond acceptors (Lipinski definition) is 1. The maximum absolute atomic E-state index is 5.77. The standard InChI is InChI=1S/C20H23OP/c1-21-17-22(18-11-5-2-6-12-18,19-13-7-3-8-14-19)20-15-9-4-10-16-20/h2-15,20,22H,16-17H2,1H3. The van der Waals surface area contributed by atoms with Crippen molar-refractivity contribution in [1.29, 1.82) is 0 Å². The first-order valence-electron chi connectivity index (χ1n) is 7.81. The molecule has 22 heavy (non-hydrogen) atoms. The van der Waals surface area contributed by atoms with Gasteiger partial charge < -0.3 is 0 Å². The summed E-state index contributed by atoms with van der Waals surface area (Å²) in [6.45, 7) is 0. The van der Waals surface area contributed by atoms with Crippen LogP contribution < -0.4 is 10.6 Å². The third kappa shape index (κ3) is 2.79. The van der Waals surface area contributed by atoms with Crippen molar-refractivity contribution >= 4 is 17.9 Å². The molecular weight excluding hydrogens is 287 g/mol. The van der Waals surface area contributed by atoms with Crippen molar-refractivity contribution in [3.63, 3.8) is 0 Å². The van der Waals surface area contributed by atoms with Crippen molar-refractivity contribution in [2.45, 2.75) is 12.1 Å². The third-order valence-corrected chi connectivity index (χ3v) is 9.73. The average Bonchev–Trinajstić information content (AvgIpc) is 2.62. The Labute approximate surface area is 133 Å². The Morgan fingerprint density at radius 3 is 1.95 bits per heavy atom. The predicted octanol–water partition coefficient (Wildman–Crippen LogP) is 3.88. The van der Waals surface area contributed by atoms with Crippen LogP contribution in [0.15, 0.2) is 85.0 Å². The predicted molar refractivity (Wildman–Crippen MR) is 99.0 cm³/mol. The molecule has 2 aromatic rings. The van der Waals surface area contributed by atoms with E-state index in [4.69, 9.17) is 4.74 Å². The van der Waals surface area contributed by atoms with E-state index >= 15 is 0 Å². The van der Waals surface area contributed by atoms with Crippen molar-refractivity contribution in [2.24, 2.45) is 0 Å². The van der Waals surface area contributed by atoms with E-state index < -0.39 is 7.26 Å². The van der Waals surface area contributed by atoms with Crippen molar-refractivity contribution in [3.05, 3.63) is 85.0 Å². The Morgan fingerprint density at radius 2 is 1.50 bits per heavy atom. The molecule has 0 N–H and O–H groups in total. The first kappa shape index (κ1) is 15.2. The van der Waals surface area contributed by atoms with Crippen LogP contribution in [0.5, 0.6) is 0 Å². The summed E-state index contributed by atoms with van der Waals surface area (Å²) in [5, 5.41) is 2.90. The molecule has 0 spiro atoms. The van der Waals surface area contributed by atoms with Crippen molar-refractivity contribution < 1.29 is 4.74 Å². The molecule has 114 valence electrons. The van der Waals surface area contributed by atoms with Gasteiger partial charge in [0.2, 0.25) is 0 Å². The van der Waals surface area contributed by atoms with Gasteiger partial charge in [0.15, 0.2) is 0 Å². The Kier molecular flexibility index (Phi) is 4.87. The summed E-state index contributed by atoms with van der Waals surface area (Å²) in [4.78, 5) is 0. The van der Waals surface area contributed by atoms with Crippen LogP contribution in [0.25, 0.3) is 0 Å². The van der Waals surface area contributed by atoms with Crippen molar-refractivity contribution in [3.8, 4) is 0 Å². The molecule has 0 amide bonds. The van der Waals surface area contributed by atoms with Crippen LogP contribution in [0.2, 0.25) is 0 Å². The maximum atomic E-state index is 5.77. The molecule has 0 saturated heterocycles. The molecule has 2 heteroatoms. The van der Waals surface area contributed by atoms with Gasteiger partial charge in [0.25, 0.3) is 0 Å². The summed E-state index contributed by atoms with van der Waals surface area (Å²) < 4.78 is 5.77. The van der Waals surface area contributed by atoms with Gasteiger partial charge in [0.1, 0.15) is 0 Å². The zero-order valence-electron chi connectivity index (χ0n) is 13.0. The van der Waals surface area contributed by atoms with E-state index in [9.17, 15) is 0 Å². The molecule has 0 saturated carbocycles. The summed E-state index contributed by atoms with van der Waals surface area (Å²) in [5.41, 5.74) is 0.530. The third-order valence-electron chi connectivity index (χ3n) is 4.56. The Balaban J connectivity index is 2.18. The normalized spacial score (nSPS) is 18.3. The topological polar surface area (TPSA) is 9.23 Å². The SMILES string of the molecule is COC[PH](c1ccccc1)(c1ccccc1)C1C=CC=CC1. The Hall–Kier alpha value is -1.69. The fourth-order valence-corrected chi connectivity index (χ4v) is 8.26. The second kappa shape index (κ2) is 7.05. The molecule has 2 aromatic carbocycles.